The van der Waals surface area contributed by atoms with E-state index in [0.717, 1.165) is 16.1 Å². The fourth-order valence-corrected chi connectivity index (χ4v) is 2.02. The Balaban J connectivity index is 1.90. The Hall–Kier alpha value is -3.35. The molecular weight excluding hydrogens is 336 g/mol. The largest absolute Gasteiger partial charge is 0.443 e. The maximum absolute atomic E-state index is 12.2. The van der Waals surface area contributed by atoms with E-state index in [9.17, 15) is 14.4 Å². The molecule has 26 heavy (non-hydrogen) atoms. The molecule has 0 aliphatic rings. The molecule has 0 saturated carbocycles. The van der Waals surface area contributed by atoms with Gasteiger partial charge in [0.05, 0.1) is 0 Å². The van der Waals surface area contributed by atoms with Crippen molar-refractivity contribution in [1.29, 1.82) is 0 Å². The summed E-state index contributed by atoms with van der Waals surface area (Å²) in [5, 5.41) is 0.795. The van der Waals surface area contributed by atoms with Gasteiger partial charge in [0.25, 0.3) is 0 Å². The number of amides is 2. The summed E-state index contributed by atoms with van der Waals surface area (Å²) >= 11 is 0. The van der Waals surface area contributed by atoms with Crippen LogP contribution in [0.3, 0.4) is 0 Å². The molecule has 2 aromatic carbocycles. The van der Waals surface area contributed by atoms with Crippen molar-refractivity contribution < 1.29 is 23.9 Å². The Morgan fingerprint density at radius 2 is 1.46 bits per heavy atom. The Labute approximate surface area is 151 Å². The number of carbonyl (C=O) groups excluding carboxylic acids is 3. The fourth-order valence-electron chi connectivity index (χ4n) is 2.02. The molecule has 0 radical (unpaired) electrons. The summed E-state index contributed by atoms with van der Waals surface area (Å²) in [6, 6.07) is 17.2. The summed E-state index contributed by atoms with van der Waals surface area (Å²) in [6.45, 7) is 1.51. The van der Waals surface area contributed by atoms with E-state index in [-0.39, 0.29) is 13.2 Å². The van der Waals surface area contributed by atoms with E-state index < -0.39 is 18.2 Å². The average molecular weight is 356 g/mol. The molecule has 0 unspecified atom stereocenters. The second-order valence-electron chi connectivity index (χ2n) is 5.46. The maximum atomic E-state index is 12.2. The predicted molar refractivity (Wildman–Crippen MR) is 93.8 cm³/mol. The number of rotatable bonds is 6. The Bertz CT molecular complexity index is 721. The summed E-state index contributed by atoms with van der Waals surface area (Å²) in [6.07, 6.45) is -1.20. The van der Waals surface area contributed by atoms with E-state index in [2.05, 4.69) is 5.43 Å². The molecule has 7 heteroatoms. The van der Waals surface area contributed by atoms with Gasteiger partial charge in [-0.3, -0.25) is 0 Å². The molecule has 2 rings (SSSR count). The van der Waals surface area contributed by atoms with Crippen molar-refractivity contribution in [3.8, 4) is 0 Å². The van der Waals surface area contributed by atoms with Crippen LogP contribution in [0.2, 0.25) is 0 Å². The number of nitrogens with zero attached hydrogens (tertiary/aromatic N) is 1. The van der Waals surface area contributed by atoms with Gasteiger partial charge < -0.3 is 14.3 Å². The quantitative estimate of drug-likeness (QED) is 0.635. The topological polar surface area (TPSA) is 84.9 Å². The van der Waals surface area contributed by atoms with Crippen LogP contribution in [-0.2, 0) is 27.5 Å². The normalized spacial score (nSPS) is 11.1. The van der Waals surface area contributed by atoms with E-state index in [1.807, 2.05) is 36.4 Å². The highest BCUT2D eigenvalue weighted by atomic mass is 16.6. The minimum absolute atomic E-state index is 0.0164. The number of carbonyl (C=O) groups is 3. The van der Waals surface area contributed by atoms with Crippen molar-refractivity contribution >= 4 is 18.5 Å². The lowest BCUT2D eigenvalue weighted by Crippen LogP contribution is -2.51. The van der Waals surface area contributed by atoms with Crippen molar-refractivity contribution in [2.45, 2.75) is 26.2 Å². The van der Waals surface area contributed by atoms with Crippen LogP contribution in [-0.4, -0.2) is 29.5 Å². The van der Waals surface area contributed by atoms with Crippen LogP contribution in [0.5, 0.6) is 0 Å². The van der Waals surface area contributed by atoms with Crippen molar-refractivity contribution in [3.05, 3.63) is 71.8 Å². The molecule has 7 nitrogen and oxygen atoms in total. The second kappa shape index (κ2) is 9.83. The zero-order chi connectivity index (χ0) is 18.8. The number of benzene rings is 2. The van der Waals surface area contributed by atoms with Crippen molar-refractivity contribution in [2.75, 3.05) is 0 Å². The van der Waals surface area contributed by atoms with Crippen LogP contribution in [0.15, 0.2) is 60.7 Å². The molecule has 2 aromatic rings. The van der Waals surface area contributed by atoms with Crippen LogP contribution < -0.4 is 5.43 Å². The molecule has 0 aromatic heterocycles. The molecule has 0 fully saturated rings. The molecule has 0 saturated heterocycles. The molecule has 0 aliphatic carbocycles. The van der Waals surface area contributed by atoms with E-state index in [0.29, 0.717) is 6.29 Å². The zero-order valence-electron chi connectivity index (χ0n) is 14.3. The summed E-state index contributed by atoms with van der Waals surface area (Å²) in [7, 11) is 0. The van der Waals surface area contributed by atoms with Gasteiger partial charge >= 0.3 is 12.2 Å². The third kappa shape index (κ3) is 5.94. The van der Waals surface area contributed by atoms with Gasteiger partial charge in [0.2, 0.25) is 0 Å². The van der Waals surface area contributed by atoms with Gasteiger partial charge in [-0.05, 0) is 18.1 Å². The number of aldehydes is 1. The molecule has 1 N–H and O–H groups in total. The Kier molecular flexibility index (Phi) is 7.17. The molecule has 0 spiro atoms. The van der Waals surface area contributed by atoms with Crippen LogP contribution in [0.1, 0.15) is 18.1 Å². The molecule has 0 aliphatic heterocycles. The van der Waals surface area contributed by atoms with Crippen molar-refractivity contribution in [1.82, 2.24) is 10.4 Å². The van der Waals surface area contributed by atoms with Crippen LogP contribution in [0.25, 0.3) is 0 Å². The predicted octanol–water partition coefficient (Wildman–Crippen LogP) is 3.05. The van der Waals surface area contributed by atoms with Gasteiger partial charge in [0.15, 0.2) is 0 Å². The minimum Gasteiger partial charge on any atom is -0.443 e. The third-order valence-electron chi connectivity index (χ3n) is 3.43. The van der Waals surface area contributed by atoms with Crippen molar-refractivity contribution in [3.63, 3.8) is 0 Å². The lowest BCUT2D eigenvalue weighted by molar-refractivity contribution is -0.112. The molecule has 1 atom stereocenters. The first-order valence-electron chi connectivity index (χ1n) is 8.02. The number of ether oxygens (including phenoxy) is 2. The highest BCUT2D eigenvalue weighted by Crippen LogP contribution is 2.05. The first kappa shape index (κ1) is 19.0. The SMILES string of the molecule is C[C@H](C=O)N(NC(=O)OCc1ccccc1)C(=O)OCc1ccccc1. The Morgan fingerprint density at radius 1 is 0.962 bits per heavy atom. The lowest BCUT2D eigenvalue weighted by atomic mass is 10.2. The first-order chi connectivity index (χ1) is 12.6. The van der Waals surface area contributed by atoms with Crippen LogP contribution >= 0.6 is 0 Å². The number of hydrogen-bond donors (Lipinski definition) is 1. The van der Waals surface area contributed by atoms with Gasteiger partial charge in [-0.1, -0.05) is 60.7 Å². The lowest BCUT2D eigenvalue weighted by Gasteiger charge is -2.24. The highest BCUT2D eigenvalue weighted by Gasteiger charge is 2.24. The van der Waals surface area contributed by atoms with Gasteiger partial charge in [0, 0.05) is 0 Å². The molecule has 2 amide bonds. The number of nitrogens with one attached hydrogen (secondary N) is 1. The third-order valence-corrected chi connectivity index (χ3v) is 3.43. The second-order valence-corrected chi connectivity index (χ2v) is 5.46. The minimum atomic E-state index is -0.914. The summed E-state index contributed by atoms with van der Waals surface area (Å²) in [5.74, 6) is 0. The smallest absolute Gasteiger partial charge is 0.429 e. The van der Waals surface area contributed by atoms with Crippen LogP contribution in [0.4, 0.5) is 9.59 Å². The fraction of sp³-hybridized carbons (Fsp3) is 0.211. The maximum Gasteiger partial charge on any atom is 0.429 e. The summed E-state index contributed by atoms with van der Waals surface area (Å²) < 4.78 is 10.2. The Morgan fingerprint density at radius 3 is 1.96 bits per heavy atom. The van der Waals surface area contributed by atoms with Crippen molar-refractivity contribution in [2.24, 2.45) is 0 Å². The molecule has 0 heterocycles. The van der Waals surface area contributed by atoms with Gasteiger partial charge in [0.1, 0.15) is 25.5 Å². The summed E-state index contributed by atoms with van der Waals surface area (Å²) in [4.78, 5) is 35.2. The van der Waals surface area contributed by atoms with Crippen LogP contribution in [0, 0.1) is 0 Å². The van der Waals surface area contributed by atoms with E-state index in [1.54, 1.807) is 24.3 Å². The van der Waals surface area contributed by atoms with Gasteiger partial charge in [-0.2, -0.15) is 0 Å². The zero-order valence-corrected chi connectivity index (χ0v) is 14.3. The average Bonchev–Trinajstić information content (AvgIpc) is 2.69. The number of hydrogen-bond acceptors (Lipinski definition) is 5. The van der Waals surface area contributed by atoms with E-state index in [4.69, 9.17) is 9.47 Å². The number of hydrazine groups is 1. The van der Waals surface area contributed by atoms with Gasteiger partial charge in [-0.25, -0.2) is 20.0 Å². The van der Waals surface area contributed by atoms with Gasteiger partial charge in [-0.15, -0.1) is 0 Å². The monoisotopic (exact) mass is 356 g/mol. The molecule has 136 valence electrons. The molecular formula is C19H20N2O5. The standard InChI is InChI=1S/C19H20N2O5/c1-15(12-22)21(19(24)26-14-17-10-6-3-7-11-17)20-18(23)25-13-16-8-4-2-5-9-16/h2-12,15H,13-14H2,1H3,(H,20,23)/t15-/m1/s1. The van der Waals surface area contributed by atoms with E-state index >= 15 is 0 Å². The summed E-state index contributed by atoms with van der Waals surface area (Å²) in [5.41, 5.74) is 3.82. The highest BCUT2D eigenvalue weighted by molar-refractivity contribution is 5.77. The first-order valence-corrected chi connectivity index (χ1v) is 8.02. The van der Waals surface area contributed by atoms with E-state index in [1.165, 1.54) is 6.92 Å². The molecule has 0 bridgehead atoms.